The van der Waals surface area contributed by atoms with Gasteiger partial charge in [-0.05, 0) is 38.9 Å². The molecule has 0 saturated heterocycles. The Hall–Kier alpha value is 0.0500. The molecule has 0 aliphatic heterocycles. The Morgan fingerprint density at radius 2 is 2.21 bits per heavy atom. The van der Waals surface area contributed by atoms with E-state index >= 15 is 0 Å². The first kappa shape index (κ1) is 12.1. The van der Waals surface area contributed by atoms with Gasteiger partial charge in [0.2, 0.25) is 0 Å². The van der Waals surface area contributed by atoms with Gasteiger partial charge in [-0.2, -0.15) is 11.8 Å². The highest BCUT2D eigenvalue weighted by atomic mass is 32.2. The lowest BCUT2D eigenvalue weighted by molar-refractivity contribution is 0.557. The summed E-state index contributed by atoms with van der Waals surface area (Å²) in [6, 6.07) is 0.773. The first-order valence-electron chi connectivity index (χ1n) is 5.70. The van der Waals surface area contributed by atoms with Crippen LogP contribution in [-0.2, 0) is 0 Å². The van der Waals surface area contributed by atoms with E-state index in [1.54, 1.807) is 0 Å². The van der Waals surface area contributed by atoms with Crippen molar-refractivity contribution in [3.05, 3.63) is 11.6 Å². The molecule has 2 unspecified atom stereocenters. The van der Waals surface area contributed by atoms with Crippen LogP contribution >= 0.6 is 11.8 Å². The van der Waals surface area contributed by atoms with Crippen LogP contribution in [0, 0.1) is 0 Å². The van der Waals surface area contributed by atoms with Gasteiger partial charge in [0.15, 0.2) is 0 Å². The molecule has 2 atom stereocenters. The van der Waals surface area contributed by atoms with Crippen molar-refractivity contribution in [2.45, 2.75) is 51.3 Å². The van der Waals surface area contributed by atoms with Crippen molar-refractivity contribution in [1.82, 2.24) is 5.32 Å². The Balaban J connectivity index is 2.13. The second-order valence-electron chi connectivity index (χ2n) is 4.28. The monoisotopic (exact) mass is 213 g/mol. The van der Waals surface area contributed by atoms with Gasteiger partial charge in [0, 0.05) is 17.8 Å². The average molecular weight is 213 g/mol. The van der Waals surface area contributed by atoms with Gasteiger partial charge in [-0.3, -0.25) is 0 Å². The summed E-state index contributed by atoms with van der Waals surface area (Å²) >= 11 is 2.13. The van der Waals surface area contributed by atoms with Gasteiger partial charge in [0.05, 0.1) is 0 Å². The topological polar surface area (TPSA) is 12.0 Å². The van der Waals surface area contributed by atoms with Crippen LogP contribution in [0.3, 0.4) is 0 Å². The molecule has 1 aliphatic carbocycles. The predicted octanol–water partition coefficient (Wildman–Crippen LogP) is 3.22. The second kappa shape index (κ2) is 6.52. The fraction of sp³-hybridized carbons (Fsp3) is 0.833. The van der Waals surface area contributed by atoms with Crippen LogP contribution in [0.5, 0.6) is 0 Å². The highest BCUT2D eigenvalue weighted by Crippen LogP contribution is 2.29. The Morgan fingerprint density at radius 1 is 1.43 bits per heavy atom. The highest BCUT2D eigenvalue weighted by Gasteiger charge is 2.23. The molecule has 82 valence electrons. The van der Waals surface area contributed by atoms with E-state index in [1.807, 2.05) is 0 Å². The van der Waals surface area contributed by atoms with Gasteiger partial charge in [0.1, 0.15) is 0 Å². The summed E-state index contributed by atoms with van der Waals surface area (Å²) in [6.07, 6.45) is 6.43. The summed E-state index contributed by atoms with van der Waals surface area (Å²) in [5.41, 5.74) is 1.41. The fourth-order valence-electron chi connectivity index (χ4n) is 1.94. The van der Waals surface area contributed by atoms with E-state index in [0.717, 1.165) is 17.8 Å². The van der Waals surface area contributed by atoms with Crippen LogP contribution in [0.15, 0.2) is 11.6 Å². The molecule has 0 radical (unpaired) electrons. The number of hydrogen-bond donors (Lipinski definition) is 1. The molecule has 0 bridgehead atoms. The number of thioether (sulfide) groups is 1. The zero-order valence-electron chi connectivity index (χ0n) is 9.68. The maximum absolute atomic E-state index is 3.61. The van der Waals surface area contributed by atoms with Crippen LogP contribution in [-0.4, -0.2) is 23.6 Å². The lowest BCUT2D eigenvalue weighted by Gasteiger charge is -2.11. The summed E-state index contributed by atoms with van der Waals surface area (Å²) in [7, 11) is 0. The maximum Gasteiger partial charge on any atom is 0.0139 e. The lowest BCUT2D eigenvalue weighted by atomic mass is 10.2. The van der Waals surface area contributed by atoms with Crippen LogP contribution in [0.25, 0.3) is 0 Å². The molecule has 1 rings (SSSR count). The first-order valence-corrected chi connectivity index (χ1v) is 6.75. The normalized spacial score (nSPS) is 26.5. The SMILES string of the molecule is CCSC1CCC(NCC=C(C)C)C1. The van der Waals surface area contributed by atoms with Gasteiger partial charge in [-0.25, -0.2) is 0 Å². The van der Waals surface area contributed by atoms with Gasteiger partial charge in [-0.15, -0.1) is 0 Å². The second-order valence-corrected chi connectivity index (χ2v) is 5.85. The third-order valence-corrected chi connectivity index (χ3v) is 3.94. The largest absolute Gasteiger partial charge is 0.310 e. The molecular weight excluding hydrogens is 190 g/mol. The van der Waals surface area contributed by atoms with Crippen molar-refractivity contribution in [2.75, 3.05) is 12.3 Å². The summed E-state index contributed by atoms with van der Waals surface area (Å²) in [5.74, 6) is 1.27. The van der Waals surface area contributed by atoms with E-state index in [-0.39, 0.29) is 0 Å². The molecule has 1 aliphatic rings. The maximum atomic E-state index is 3.61. The zero-order valence-corrected chi connectivity index (χ0v) is 10.5. The van der Waals surface area contributed by atoms with Crippen molar-refractivity contribution >= 4 is 11.8 Å². The molecule has 0 aromatic carbocycles. The quantitative estimate of drug-likeness (QED) is 0.704. The van der Waals surface area contributed by atoms with Crippen LogP contribution in [0.4, 0.5) is 0 Å². The molecular formula is C12H23NS. The molecule has 0 aromatic rings. The number of hydrogen-bond acceptors (Lipinski definition) is 2. The molecule has 2 heteroatoms. The fourth-order valence-corrected chi connectivity index (χ4v) is 3.08. The molecule has 1 nitrogen and oxygen atoms in total. The summed E-state index contributed by atoms with van der Waals surface area (Å²) < 4.78 is 0. The summed E-state index contributed by atoms with van der Waals surface area (Å²) in [6.45, 7) is 7.63. The Labute approximate surface area is 92.7 Å². The minimum Gasteiger partial charge on any atom is -0.310 e. The Bertz CT molecular complexity index is 185. The summed E-state index contributed by atoms with van der Waals surface area (Å²) in [5, 5.41) is 4.53. The third-order valence-electron chi connectivity index (χ3n) is 2.70. The van der Waals surface area contributed by atoms with Crippen LogP contribution in [0.1, 0.15) is 40.0 Å². The summed E-state index contributed by atoms with van der Waals surface area (Å²) in [4.78, 5) is 0. The van der Waals surface area contributed by atoms with Crippen molar-refractivity contribution in [2.24, 2.45) is 0 Å². The third kappa shape index (κ3) is 4.52. The van der Waals surface area contributed by atoms with Gasteiger partial charge in [0.25, 0.3) is 0 Å². The van der Waals surface area contributed by atoms with E-state index < -0.39 is 0 Å². The van der Waals surface area contributed by atoms with E-state index in [4.69, 9.17) is 0 Å². The van der Waals surface area contributed by atoms with Crippen LogP contribution in [0.2, 0.25) is 0 Å². The van der Waals surface area contributed by atoms with Crippen molar-refractivity contribution in [3.8, 4) is 0 Å². The smallest absolute Gasteiger partial charge is 0.0139 e. The van der Waals surface area contributed by atoms with E-state index in [2.05, 4.69) is 43.9 Å². The molecule has 1 N–H and O–H groups in total. The average Bonchev–Trinajstić information content (AvgIpc) is 2.53. The van der Waals surface area contributed by atoms with Gasteiger partial charge in [-0.1, -0.05) is 18.6 Å². The molecule has 0 heterocycles. The van der Waals surface area contributed by atoms with Crippen molar-refractivity contribution in [3.63, 3.8) is 0 Å². The van der Waals surface area contributed by atoms with Gasteiger partial charge < -0.3 is 5.32 Å². The van der Waals surface area contributed by atoms with E-state index in [1.165, 1.54) is 30.6 Å². The predicted molar refractivity (Wildman–Crippen MR) is 67.0 cm³/mol. The Kier molecular flexibility index (Phi) is 5.64. The van der Waals surface area contributed by atoms with Crippen molar-refractivity contribution < 1.29 is 0 Å². The Morgan fingerprint density at radius 3 is 2.86 bits per heavy atom. The molecule has 0 aromatic heterocycles. The molecule has 14 heavy (non-hydrogen) atoms. The highest BCUT2D eigenvalue weighted by molar-refractivity contribution is 7.99. The first-order chi connectivity index (χ1) is 6.72. The van der Waals surface area contributed by atoms with E-state index in [9.17, 15) is 0 Å². The molecule has 1 fully saturated rings. The molecule has 0 amide bonds. The van der Waals surface area contributed by atoms with Crippen molar-refractivity contribution in [1.29, 1.82) is 0 Å². The number of allylic oxidation sites excluding steroid dienone is 1. The van der Waals surface area contributed by atoms with Crippen LogP contribution < -0.4 is 5.32 Å². The lowest BCUT2D eigenvalue weighted by Crippen LogP contribution is -2.26. The standard InChI is InChI=1S/C12H23NS/c1-4-14-12-6-5-11(9-12)13-8-7-10(2)3/h7,11-13H,4-6,8-9H2,1-3H3. The number of rotatable bonds is 5. The van der Waals surface area contributed by atoms with E-state index in [0.29, 0.717) is 0 Å². The zero-order chi connectivity index (χ0) is 10.4. The molecule has 0 spiro atoms. The minimum absolute atomic E-state index is 0.773. The molecule has 1 saturated carbocycles. The number of nitrogens with one attached hydrogen (secondary N) is 1. The minimum atomic E-state index is 0.773. The van der Waals surface area contributed by atoms with Gasteiger partial charge >= 0.3 is 0 Å².